The van der Waals surface area contributed by atoms with E-state index in [1.807, 2.05) is 50.2 Å². The van der Waals surface area contributed by atoms with E-state index in [1.54, 1.807) is 12.4 Å². The van der Waals surface area contributed by atoms with E-state index in [2.05, 4.69) is 15.6 Å². The number of carbonyl (C=O) groups is 1. The number of nitrogens with zero attached hydrogens (tertiary/aromatic N) is 1. The van der Waals surface area contributed by atoms with E-state index in [0.29, 0.717) is 13.1 Å². The smallest absolute Gasteiger partial charge is 0.315 e. The van der Waals surface area contributed by atoms with Crippen LogP contribution in [0.1, 0.15) is 18.1 Å². The predicted octanol–water partition coefficient (Wildman–Crippen LogP) is 2.66. The van der Waals surface area contributed by atoms with Gasteiger partial charge in [0.25, 0.3) is 0 Å². The average Bonchev–Trinajstić information content (AvgIpc) is 2.54. The van der Waals surface area contributed by atoms with Crippen molar-refractivity contribution < 1.29 is 9.53 Å². The quantitative estimate of drug-likeness (QED) is 0.862. The number of para-hydroxylation sites is 1. The van der Waals surface area contributed by atoms with Crippen molar-refractivity contribution in [3.05, 3.63) is 59.9 Å². The van der Waals surface area contributed by atoms with E-state index in [4.69, 9.17) is 4.74 Å². The molecular weight excluding hydrogens is 278 g/mol. The molecule has 5 heteroatoms. The molecule has 2 rings (SSSR count). The van der Waals surface area contributed by atoms with Crippen LogP contribution < -0.4 is 15.4 Å². The van der Waals surface area contributed by atoms with Crippen LogP contribution in [0.3, 0.4) is 0 Å². The molecule has 0 spiro atoms. The summed E-state index contributed by atoms with van der Waals surface area (Å²) in [6.45, 7) is 4.84. The van der Waals surface area contributed by atoms with Crippen LogP contribution in [0.25, 0.3) is 0 Å². The fourth-order valence-corrected chi connectivity index (χ4v) is 1.93. The summed E-state index contributed by atoms with van der Waals surface area (Å²) >= 11 is 0. The Hall–Kier alpha value is -2.56. The number of ether oxygens (including phenoxy) is 1. The number of amides is 2. The lowest BCUT2D eigenvalue weighted by molar-refractivity contribution is 0.206. The first-order chi connectivity index (χ1) is 10.6. The number of aromatic nitrogens is 1. The van der Waals surface area contributed by atoms with Crippen LogP contribution >= 0.6 is 0 Å². The highest BCUT2D eigenvalue weighted by Gasteiger charge is 2.08. The van der Waals surface area contributed by atoms with Gasteiger partial charge in [-0.2, -0.15) is 0 Å². The van der Waals surface area contributed by atoms with E-state index >= 15 is 0 Å². The first-order valence-electron chi connectivity index (χ1n) is 7.28. The Morgan fingerprint density at radius 3 is 2.64 bits per heavy atom. The van der Waals surface area contributed by atoms with Crippen molar-refractivity contribution in [2.24, 2.45) is 0 Å². The Morgan fingerprint density at radius 1 is 1.18 bits per heavy atom. The lowest BCUT2D eigenvalue weighted by atomic mass is 10.2. The van der Waals surface area contributed by atoms with Crippen molar-refractivity contribution in [3.63, 3.8) is 0 Å². The monoisotopic (exact) mass is 299 g/mol. The second-order valence-corrected chi connectivity index (χ2v) is 5.11. The van der Waals surface area contributed by atoms with Crippen molar-refractivity contribution in [2.75, 3.05) is 6.54 Å². The summed E-state index contributed by atoms with van der Waals surface area (Å²) in [5.41, 5.74) is 2.09. The maximum atomic E-state index is 11.7. The summed E-state index contributed by atoms with van der Waals surface area (Å²) in [5, 5.41) is 5.60. The van der Waals surface area contributed by atoms with Crippen molar-refractivity contribution in [2.45, 2.75) is 26.5 Å². The minimum Gasteiger partial charge on any atom is -0.489 e. The second kappa shape index (κ2) is 8.02. The normalized spacial score (nSPS) is 11.5. The Bertz CT molecular complexity index is 602. The Morgan fingerprint density at radius 2 is 1.91 bits per heavy atom. The average molecular weight is 299 g/mol. The molecule has 1 atom stereocenters. The molecule has 0 saturated heterocycles. The second-order valence-electron chi connectivity index (χ2n) is 5.11. The molecule has 0 aliphatic carbocycles. The number of nitrogens with one attached hydrogen (secondary N) is 2. The molecule has 0 bridgehead atoms. The molecule has 0 aliphatic rings. The number of pyridine rings is 1. The summed E-state index contributed by atoms with van der Waals surface area (Å²) in [4.78, 5) is 15.7. The van der Waals surface area contributed by atoms with Crippen LogP contribution in [0.15, 0.2) is 48.8 Å². The number of benzene rings is 1. The minimum atomic E-state index is -0.211. The Labute approximate surface area is 130 Å². The van der Waals surface area contributed by atoms with Crippen LogP contribution in [-0.2, 0) is 6.54 Å². The highest BCUT2D eigenvalue weighted by atomic mass is 16.5. The number of carbonyl (C=O) groups excluding carboxylic acids is 1. The first-order valence-corrected chi connectivity index (χ1v) is 7.28. The lowest BCUT2D eigenvalue weighted by Gasteiger charge is -2.17. The fraction of sp³-hybridized carbons (Fsp3) is 0.294. The number of hydrogen-bond acceptors (Lipinski definition) is 3. The number of aryl methyl sites for hydroxylation is 1. The molecule has 2 aromatic rings. The van der Waals surface area contributed by atoms with Gasteiger partial charge in [0.05, 0.1) is 6.54 Å². The third kappa shape index (κ3) is 5.09. The fourth-order valence-electron chi connectivity index (χ4n) is 1.93. The molecule has 116 valence electrons. The van der Waals surface area contributed by atoms with Gasteiger partial charge < -0.3 is 15.4 Å². The molecule has 0 aliphatic heterocycles. The Balaban J connectivity index is 1.71. The molecule has 0 fully saturated rings. The van der Waals surface area contributed by atoms with E-state index in [-0.39, 0.29) is 12.1 Å². The predicted molar refractivity (Wildman–Crippen MR) is 85.7 cm³/mol. The van der Waals surface area contributed by atoms with Gasteiger partial charge in [-0.05, 0) is 43.2 Å². The zero-order valence-corrected chi connectivity index (χ0v) is 12.9. The van der Waals surface area contributed by atoms with Gasteiger partial charge in [0.2, 0.25) is 0 Å². The molecule has 2 amide bonds. The Kier molecular flexibility index (Phi) is 5.77. The third-order valence-electron chi connectivity index (χ3n) is 3.17. The zero-order chi connectivity index (χ0) is 15.8. The van der Waals surface area contributed by atoms with Gasteiger partial charge in [-0.1, -0.05) is 18.2 Å². The van der Waals surface area contributed by atoms with Crippen LogP contribution in [0.2, 0.25) is 0 Å². The molecule has 22 heavy (non-hydrogen) atoms. The van der Waals surface area contributed by atoms with Crippen LogP contribution in [0.4, 0.5) is 4.79 Å². The summed E-state index contributed by atoms with van der Waals surface area (Å²) in [7, 11) is 0. The summed E-state index contributed by atoms with van der Waals surface area (Å²) in [6.07, 6.45) is 3.30. The minimum absolute atomic E-state index is 0.104. The van der Waals surface area contributed by atoms with E-state index in [1.165, 1.54) is 0 Å². The van der Waals surface area contributed by atoms with Gasteiger partial charge in [-0.15, -0.1) is 0 Å². The van der Waals surface area contributed by atoms with Gasteiger partial charge in [0, 0.05) is 18.9 Å². The molecule has 2 N–H and O–H groups in total. The molecular formula is C17H21N3O2. The van der Waals surface area contributed by atoms with Gasteiger partial charge >= 0.3 is 6.03 Å². The van der Waals surface area contributed by atoms with Crippen LogP contribution in [0, 0.1) is 6.92 Å². The van der Waals surface area contributed by atoms with Gasteiger partial charge in [0.15, 0.2) is 0 Å². The van der Waals surface area contributed by atoms with Crippen molar-refractivity contribution in [1.82, 2.24) is 15.6 Å². The molecule has 1 aromatic carbocycles. The zero-order valence-electron chi connectivity index (χ0n) is 12.9. The van der Waals surface area contributed by atoms with Crippen molar-refractivity contribution in [1.29, 1.82) is 0 Å². The highest BCUT2D eigenvalue weighted by molar-refractivity contribution is 5.73. The summed E-state index contributed by atoms with van der Waals surface area (Å²) in [6, 6.07) is 11.3. The third-order valence-corrected chi connectivity index (χ3v) is 3.17. The largest absolute Gasteiger partial charge is 0.489 e. The summed E-state index contributed by atoms with van der Waals surface area (Å²) < 4.78 is 5.81. The standard InChI is InChI=1S/C17H21N3O2/c1-13-5-3-4-6-16(13)22-14(2)11-19-17(21)20-12-15-7-9-18-10-8-15/h3-10,14H,11-12H2,1-2H3,(H2,19,20,21)/t14-/m0/s1. The molecule has 5 nitrogen and oxygen atoms in total. The molecule has 1 heterocycles. The van der Waals surface area contributed by atoms with E-state index < -0.39 is 0 Å². The van der Waals surface area contributed by atoms with E-state index in [9.17, 15) is 4.79 Å². The molecule has 0 unspecified atom stereocenters. The molecule has 0 radical (unpaired) electrons. The summed E-state index contributed by atoms with van der Waals surface area (Å²) in [5.74, 6) is 0.842. The lowest BCUT2D eigenvalue weighted by Crippen LogP contribution is -2.40. The van der Waals surface area contributed by atoms with Crippen molar-refractivity contribution >= 4 is 6.03 Å². The number of hydrogen-bond donors (Lipinski definition) is 2. The number of urea groups is 1. The number of rotatable bonds is 6. The first kappa shape index (κ1) is 15.8. The molecule has 0 saturated carbocycles. The topological polar surface area (TPSA) is 63.2 Å². The maximum Gasteiger partial charge on any atom is 0.315 e. The maximum absolute atomic E-state index is 11.7. The highest BCUT2D eigenvalue weighted by Crippen LogP contribution is 2.17. The van der Waals surface area contributed by atoms with Gasteiger partial charge in [-0.25, -0.2) is 4.79 Å². The molecule has 1 aromatic heterocycles. The SMILES string of the molecule is Cc1ccccc1O[C@@H](C)CNC(=O)NCc1ccncc1. The van der Waals surface area contributed by atoms with Crippen molar-refractivity contribution in [3.8, 4) is 5.75 Å². The van der Waals surface area contributed by atoms with E-state index in [0.717, 1.165) is 16.9 Å². The van der Waals surface area contributed by atoms with Gasteiger partial charge in [0.1, 0.15) is 11.9 Å². The van der Waals surface area contributed by atoms with Crippen LogP contribution in [-0.4, -0.2) is 23.7 Å². The van der Waals surface area contributed by atoms with Gasteiger partial charge in [-0.3, -0.25) is 4.98 Å². The van der Waals surface area contributed by atoms with Crippen LogP contribution in [0.5, 0.6) is 5.75 Å².